The lowest BCUT2D eigenvalue weighted by Crippen LogP contribution is -2.00. The molecule has 0 saturated carbocycles. The van der Waals surface area contributed by atoms with E-state index < -0.39 is 0 Å². The predicted molar refractivity (Wildman–Crippen MR) is 56.4 cm³/mol. The van der Waals surface area contributed by atoms with Crippen molar-refractivity contribution in [3.63, 3.8) is 0 Å². The zero-order valence-electron chi connectivity index (χ0n) is 7.09. The predicted octanol–water partition coefficient (Wildman–Crippen LogP) is 2.47. The summed E-state index contributed by atoms with van der Waals surface area (Å²) in [5.41, 5.74) is 8.16. The zero-order valence-corrected chi connectivity index (χ0v) is 8.68. The lowest BCUT2D eigenvalue weighted by atomic mass is 10.1. The maximum atomic E-state index is 5.44. The first-order valence-corrected chi connectivity index (χ1v) is 5.33. The Morgan fingerprint density at radius 1 is 1.25 bits per heavy atom. The maximum Gasteiger partial charge on any atom is 0.0283 e. The van der Waals surface area contributed by atoms with Crippen LogP contribution in [0.1, 0.15) is 17.5 Å². The van der Waals surface area contributed by atoms with Crippen molar-refractivity contribution < 1.29 is 0 Å². The molecular formula is C10H14BrN. The largest absolute Gasteiger partial charge is 0.330 e. The topological polar surface area (TPSA) is 26.0 Å². The van der Waals surface area contributed by atoms with E-state index in [-0.39, 0.29) is 0 Å². The van der Waals surface area contributed by atoms with E-state index in [1.807, 2.05) is 0 Å². The maximum absolute atomic E-state index is 5.44. The molecular weight excluding hydrogens is 214 g/mol. The molecule has 0 bridgehead atoms. The van der Waals surface area contributed by atoms with Gasteiger partial charge in [-0.2, -0.15) is 0 Å². The number of nitrogens with two attached hydrogens (primary N) is 1. The Balaban J connectivity index is 2.60. The van der Waals surface area contributed by atoms with E-state index in [1.54, 1.807) is 0 Å². The number of hydrogen-bond acceptors (Lipinski definition) is 1. The summed E-state index contributed by atoms with van der Waals surface area (Å²) in [4.78, 5) is 0. The summed E-state index contributed by atoms with van der Waals surface area (Å²) < 4.78 is 0. The van der Waals surface area contributed by atoms with Gasteiger partial charge in [-0.25, -0.2) is 0 Å². The first kappa shape index (κ1) is 9.75. The van der Waals surface area contributed by atoms with E-state index in [2.05, 4.69) is 40.2 Å². The Morgan fingerprint density at radius 2 is 2.00 bits per heavy atom. The number of alkyl halides is 1. The normalized spacial score (nSPS) is 10.2. The van der Waals surface area contributed by atoms with Crippen molar-refractivity contribution in [2.45, 2.75) is 18.2 Å². The van der Waals surface area contributed by atoms with Gasteiger partial charge < -0.3 is 5.73 Å². The third-order valence-electron chi connectivity index (χ3n) is 1.82. The van der Waals surface area contributed by atoms with Crippen LogP contribution in [0.2, 0.25) is 0 Å². The summed E-state index contributed by atoms with van der Waals surface area (Å²) >= 11 is 3.44. The zero-order chi connectivity index (χ0) is 8.81. The average Bonchev–Trinajstić information content (AvgIpc) is 2.15. The quantitative estimate of drug-likeness (QED) is 0.787. The fourth-order valence-corrected chi connectivity index (χ4v) is 1.52. The average molecular weight is 228 g/mol. The van der Waals surface area contributed by atoms with Crippen LogP contribution in [0.5, 0.6) is 0 Å². The van der Waals surface area contributed by atoms with Gasteiger partial charge in [0.1, 0.15) is 0 Å². The SMILES string of the molecule is NCCCc1cccc(CBr)c1. The van der Waals surface area contributed by atoms with Crippen molar-refractivity contribution in [2.75, 3.05) is 6.54 Å². The molecule has 0 aromatic heterocycles. The van der Waals surface area contributed by atoms with Gasteiger partial charge in [0.05, 0.1) is 0 Å². The number of rotatable bonds is 4. The summed E-state index contributed by atoms with van der Waals surface area (Å²) in [5, 5.41) is 0.934. The Kier molecular flexibility index (Phi) is 4.33. The van der Waals surface area contributed by atoms with Gasteiger partial charge in [0.2, 0.25) is 0 Å². The lowest BCUT2D eigenvalue weighted by molar-refractivity contribution is 0.832. The van der Waals surface area contributed by atoms with Crippen molar-refractivity contribution >= 4 is 15.9 Å². The van der Waals surface area contributed by atoms with Gasteiger partial charge in [-0.3, -0.25) is 0 Å². The smallest absolute Gasteiger partial charge is 0.0283 e. The number of aryl methyl sites for hydroxylation is 1. The van der Waals surface area contributed by atoms with E-state index in [9.17, 15) is 0 Å². The summed E-state index contributed by atoms with van der Waals surface area (Å²) in [6.45, 7) is 0.776. The van der Waals surface area contributed by atoms with Crippen molar-refractivity contribution in [2.24, 2.45) is 5.73 Å². The molecule has 0 spiro atoms. The molecule has 66 valence electrons. The summed E-state index contributed by atoms with van der Waals surface area (Å²) in [6.07, 6.45) is 2.17. The molecule has 0 saturated heterocycles. The van der Waals surface area contributed by atoms with Gasteiger partial charge in [-0.15, -0.1) is 0 Å². The van der Waals surface area contributed by atoms with Gasteiger partial charge in [0.15, 0.2) is 0 Å². The van der Waals surface area contributed by atoms with Crippen LogP contribution in [0, 0.1) is 0 Å². The molecule has 12 heavy (non-hydrogen) atoms. The first-order chi connectivity index (χ1) is 5.86. The number of benzene rings is 1. The monoisotopic (exact) mass is 227 g/mol. The highest BCUT2D eigenvalue weighted by Gasteiger charge is 1.93. The Labute approximate surface area is 82.1 Å². The van der Waals surface area contributed by atoms with Crippen LogP contribution in [0.25, 0.3) is 0 Å². The van der Waals surface area contributed by atoms with Crippen LogP contribution in [0.3, 0.4) is 0 Å². The van der Waals surface area contributed by atoms with E-state index >= 15 is 0 Å². The Bertz CT molecular complexity index is 235. The first-order valence-electron chi connectivity index (χ1n) is 4.20. The van der Waals surface area contributed by atoms with Gasteiger partial charge in [0, 0.05) is 5.33 Å². The second-order valence-electron chi connectivity index (χ2n) is 2.85. The van der Waals surface area contributed by atoms with Crippen molar-refractivity contribution in [3.05, 3.63) is 35.4 Å². The molecule has 0 atom stereocenters. The molecule has 0 aliphatic heterocycles. The summed E-state index contributed by atoms with van der Waals surface area (Å²) in [5.74, 6) is 0. The highest BCUT2D eigenvalue weighted by Crippen LogP contribution is 2.09. The Hall–Kier alpha value is -0.340. The molecule has 0 heterocycles. The highest BCUT2D eigenvalue weighted by molar-refractivity contribution is 9.08. The Morgan fingerprint density at radius 3 is 2.67 bits per heavy atom. The minimum absolute atomic E-state index is 0.776. The minimum Gasteiger partial charge on any atom is -0.330 e. The summed E-state index contributed by atoms with van der Waals surface area (Å²) in [7, 11) is 0. The molecule has 0 radical (unpaired) electrons. The van der Waals surface area contributed by atoms with Gasteiger partial charge in [-0.05, 0) is 30.5 Å². The van der Waals surface area contributed by atoms with Gasteiger partial charge >= 0.3 is 0 Å². The molecule has 1 rings (SSSR count). The number of hydrogen-bond donors (Lipinski definition) is 1. The van der Waals surface area contributed by atoms with Crippen molar-refractivity contribution in [3.8, 4) is 0 Å². The molecule has 2 heteroatoms. The van der Waals surface area contributed by atoms with Gasteiger partial charge in [-0.1, -0.05) is 40.2 Å². The third-order valence-corrected chi connectivity index (χ3v) is 2.46. The van der Waals surface area contributed by atoms with E-state index in [4.69, 9.17) is 5.73 Å². The minimum atomic E-state index is 0.776. The molecule has 2 N–H and O–H groups in total. The van der Waals surface area contributed by atoms with Gasteiger partial charge in [0.25, 0.3) is 0 Å². The number of halogens is 1. The van der Waals surface area contributed by atoms with E-state index in [0.29, 0.717) is 0 Å². The third kappa shape index (κ3) is 2.95. The molecule has 0 amide bonds. The standard InChI is InChI=1S/C10H14BrN/c11-8-10-4-1-3-9(7-10)5-2-6-12/h1,3-4,7H,2,5-6,8,12H2. The fourth-order valence-electron chi connectivity index (χ4n) is 1.17. The van der Waals surface area contributed by atoms with Crippen LogP contribution >= 0.6 is 15.9 Å². The van der Waals surface area contributed by atoms with Crippen LogP contribution in [0.4, 0.5) is 0 Å². The van der Waals surface area contributed by atoms with Crippen LogP contribution < -0.4 is 5.73 Å². The molecule has 1 aromatic carbocycles. The molecule has 0 unspecified atom stereocenters. The van der Waals surface area contributed by atoms with Crippen LogP contribution in [-0.2, 0) is 11.8 Å². The second kappa shape index (κ2) is 5.33. The fraction of sp³-hybridized carbons (Fsp3) is 0.400. The molecule has 0 aliphatic rings. The molecule has 1 nitrogen and oxygen atoms in total. The van der Waals surface area contributed by atoms with Crippen LogP contribution in [-0.4, -0.2) is 6.54 Å². The summed E-state index contributed by atoms with van der Waals surface area (Å²) in [6, 6.07) is 8.61. The lowest BCUT2D eigenvalue weighted by Gasteiger charge is -2.01. The van der Waals surface area contributed by atoms with E-state index in [1.165, 1.54) is 11.1 Å². The van der Waals surface area contributed by atoms with Crippen molar-refractivity contribution in [1.82, 2.24) is 0 Å². The van der Waals surface area contributed by atoms with Crippen molar-refractivity contribution in [1.29, 1.82) is 0 Å². The van der Waals surface area contributed by atoms with Crippen LogP contribution in [0.15, 0.2) is 24.3 Å². The second-order valence-corrected chi connectivity index (χ2v) is 3.41. The molecule has 0 aliphatic carbocycles. The molecule has 1 aromatic rings. The molecule has 0 fully saturated rings. The highest BCUT2D eigenvalue weighted by atomic mass is 79.9. The van der Waals surface area contributed by atoms with E-state index in [0.717, 1.165) is 24.7 Å².